The molecule has 1 N–H and O–H groups in total. The molecule has 0 aliphatic rings. The van der Waals surface area contributed by atoms with Crippen molar-refractivity contribution in [3.05, 3.63) is 29.6 Å². The van der Waals surface area contributed by atoms with E-state index in [9.17, 15) is 14.0 Å². The van der Waals surface area contributed by atoms with Crippen molar-refractivity contribution in [1.82, 2.24) is 5.32 Å². The number of carbonyl (C=O) groups is 2. The van der Waals surface area contributed by atoms with Gasteiger partial charge in [-0.3, -0.25) is 4.79 Å². The minimum absolute atomic E-state index is 0.0846. The van der Waals surface area contributed by atoms with Crippen LogP contribution in [-0.2, 0) is 14.3 Å². The highest BCUT2D eigenvalue weighted by molar-refractivity contribution is 5.83. The smallest absolute Gasteiger partial charge is 0.331 e. The van der Waals surface area contributed by atoms with Crippen LogP contribution in [0.5, 0.6) is 5.75 Å². The molecule has 1 rings (SSSR count). The van der Waals surface area contributed by atoms with Gasteiger partial charge >= 0.3 is 5.97 Å². The second-order valence-electron chi connectivity index (χ2n) is 4.00. The zero-order valence-corrected chi connectivity index (χ0v) is 11.0. The molecular weight excluding hydrogens is 253 g/mol. The van der Waals surface area contributed by atoms with Gasteiger partial charge in [-0.2, -0.15) is 0 Å². The Morgan fingerprint density at radius 2 is 2.11 bits per heavy atom. The summed E-state index contributed by atoms with van der Waals surface area (Å²) in [5.74, 6) is -0.887. The van der Waals surface area contributed by atoms with Gasteiger partial charge in [0, 0.05) is 6.92 Å². The molecule has 0 aromatic heterocycles. The Kier molecular flexibility index (Phi) is 5.29. The van der Waals surface area contributed by atoms with Crippen LogP contribution in [0.25, 0.3) is 0 Å². The number of benzene rings is 1. The van der Waals surface area contributed by atoms with Gasteiger partial charge in [0.25, 0.3) is 0 Å². The summed E-state index contributed by atoms with van der Waals surface area (Å²) in [6.45, 7) is 2.89. The van der Waals surface area contributed by atoms with Crippen LogP contribution in [0.4, 0.5) is 4.39 Å². The Morgan fingerprint density at radius 1 is 1.42 bits per heavy atom. The van der Waals surface area contributed by atoms with Crippen molar-refractivity contribution in [2.24, 2.45) is 0 Å². The van der Waals surface area contributed by atoms with Crippen LogP contribution < -0.4 is 10.1 Å². The number of carbonyl (C=O) groups excluding carboxylic acids is 2. The maximum atomic E-state index is 12.9. The zero-order valence-electron chi connectivity index (χ0n) is 11.0. The van der Waals surface area contributed by atoms with Crippen molar-refractivity contribution in [3.63, 3.8) is 0 Å². The van der Waals surface area contributed by atoms with E-state index in [4.69, 9.17) is 4.74 Å². The number of esters is 1. The molecule has 1 atom stereocenters. The monoisotopic (exact) mass is 269 g/mol. The Balaban J connectivity index is 2.70. The van der Waals surface area contributed by atoms with Crippen molar-refractivity contribution in [1.29, 1.82) is 0 Å². The van der Waals surface area contributed by atoms with E-state index < -0.39 is 12.0 Å². The topological polar surface area (TPSA) is 64.6 Å². The van der Waals surface area contributed by atoms with Crippen LogP contribution in [0, 0.1) is 12.7 Å². The van der Waals surface area contributed by atoms with Gasteiger partial charge in [-0.05, 0) is 30.7 Å². The van der Waals surface area contributed by atoms with E-state index in [1.165, 1.54) is 32.2 Å². The van der Waals surface area contributed by atoms with Gasteiger partial charge < -0.3 is 14.8 Å². The molecule has 19 heavy (non-hydrogen) atoms. The maximum absolute atomic E-state index is 12.9. The molecular formula is C13H16FNO4. The number of amides is 1. The maximum Gasteiger partial charge on any atom is 0.331 e. The molecule has 0 saturated carbocycles. The predicted molar refractivity (Wildman–Crippen MR) is 66.3 cm³/mol. The average molecular weight is 269 g/mol. The number of nitrogens with one attached hydrogen (secondary N) is 1. The Bertz CT molecular complexity index is 476. The standard InChI is InChI=1S/C13H16FNO4/c1-8-6-10(14)4-5-12(8)19-7-11(13(17)18-3)15-9(2)16/h4-6,11H,7H2,1-3H3,(H,15,16). The second kappa shape index (κ2) is 6.72. The first-order valence-electron chi connectivity index (χ1n) is 5.68. The number of hydrogen-bond donors (Lipinski definition) is 1. The number of rotatable bonds is 5. The molecule has 0 fully saturated rings. The summed E-state index contributed by atoms with van der Waals surface area (Å²) in [5.41, 5.74) is 0.603. The van der Waals surface area contributed by atoms with Crippen LogP contribution in [-0.4, -0.2) is 31.6 Å². The summed E-state index contributed by atoms with van der Waals surface area (Å²) in [5, 5.41) is 2.42. The molecule has 0 aliphatic carbocycles. The van der Waals surface area contributed by atoms with Crippen molar-refractivity contribution < 1.29 is 23.5 Å². The minimum atomic E-state index is -0.896. The van der Waals surface area contributed by atoms with Crippen LogP contribution >= 0.6 is 0 Å². The Morgan fingerprint density at radius 3 is 2.63 bits per heavy atom. The number of aryl methyl sites for hydroxylation is 1. The van der Waals surface area contributed by atoms with Crippen molar-refractivity contribution in [2.45, 2.75) is 19.9 Å². The van der Waals surface area contributed by atoms with E-state index in [0.717, 1.165) is 0 Å². The third-order valence-corrected chi connectivity index (χ3v) is 2.41. The molecule has 1 unspecified atom stereocenters. The third-order valence-electron chi connectivity index (χ3n) is 2.41. The second-order valence-corrected chi connectivity index (χ2v) is 4.00. The lowest BCUT2D eigenvalue weighted by Gasteiger charge is -2.17. The fraction of sp³-hybridized carbons (Fsp3) is 0.385. The van der Waals surface area contributed by atoms with Crippen LogP contribution in [0.15, 0.2) is 18.2 Å². The van der Waals surface area contributed by atoms with Crippen LogP contribution in [0.3, 0.4) is 0 Å². The van der Waals surface area contributed by atoms with Gasteiger partial charge in [0.2, 0.25) is 5.91 Å². The fourth-order valence-electron chi connectivity index (χ4n) is 1.50. The van der Waals surface area contributed by atoms with Gasteiger partial charge in [-0.15, -0.1) is 0 Å². The number of halogens is 1. The number of methoxy groups -OCH3 is 1. The highest BCUT2D eigenvalue weighted by Gasteiger charge is 2.21. The van der Waals surface area contributed by atoms with Gasteiger partial charge in [0.05, 0.1) is 7.11 Å². The first-order chi connectivity index (χ1) is 8.93. The van der Waals surface area contributed by atoms with Gasteiger partial charge in [-0.25, -0.2) is 9.18 Å². The third kappa shape index (κ3) is 4.57. The van der Waals surface area contributed by atoms with Gasteiger partial charge in [-0.1, -0.05) is 0 Å². The lowest BCUT2D eigenvalue weighted by molar-refractivity contribution is -0.145. The highest BCUT2D eigenvalue weighted by Crippen LogP contribution is 2.18. The molecule has 0 saturated heterocycles. The van der Waals surface area contributed by atoms with Crippen molar-refractivity contribution in [2.75, 3.05) is 13.7 Å². The van der Waals surface area contributed by atoms with E-state index in [1.807, 2.05) is 0 Å². The van der Waals surface area contributed by atoms with E-state index in [0.29, 0.717) is 11.3 Å². The van der Waals surface area contributed by atoms with E-state index in [1.54, 1.807) is 6.92 Å². The van der Waals surface area contributed by atoms with E-state index in [2.05, 4.69) is 10.1 Å². The number of ether oxygens (including phenoxy) is 2. The van der Waals surface area contributed by atoms with E-state index in [-0.39, 0.29) is 18.3 Å². The first-order valence-corrected chi connectivity index (χ1v) is 5.68. The van der Waals surface area contributed by atoms with Gasteiger partial charge in [0.1, 0.15) is 18.2 Å². The normalized spacial score (nSPS) is 11.6. The lowest BCUT2D eigenvalue weighted by Crippen LogP contribution is -2.44. The molecule has 1 amide bonds. The fourth-order valence-corrected chi connectivity index (χ4v) is 1.50. The molecule has 5 nitrogen and oxygen atoms in total. The molecule has 6 heteroatoms. The summed E-state index contributed by atoms with van der Waals surface area (Å²) in [6.07, 6.45) is 0. The first kappa shape index (κ1) is 14.9. The molecule has 1 aromatic rings. The predicted octanol–water partition coefficient (Wildman–Crippen LogP) is 1.19. The summed E-state index contributed by atoms with van der Waals surface area (Å²) in [7, 11) is 1.22. The molecule has 0 radical (unpaired) electrons. The minimum Gasteiger partial charge on any atom is -0.491 e. The molecule has 104 valence electrons. The molecule has 0 aliphatic heterocycles. The van der Waals surface area contributed by atoms with E-state index >= 15 is 0 Å². The molecule has 0 bridgehead atoms. The lowest BCUT2D eigenvalue weighted by atomic mass is 10.2. The molecule has 1 aromatic carbocycles. The summed E-state index contributed by atoms with van der Waals surface area (Å²) >= 11 is 0. The SMILES string of the molecule is COC(=O)C(COc1ccc(F)cc1C)NC(C)=O. The summed E-state index contributed by atoms with van der Waals surface area (Å²) in [6, 6.07) is 3.15. The highest BCUT2D eigenvalue weighted by atomic mass is 19.1. The molecule has 0 heterocycles. The Labute approximate surface area is 110 Å². The van der Waals surface area contributed by atoms with Crippen molar-refractivity contribution >= 4 is 11.9 Å². The average Bonchev–Trinajstić information content (AvgIpc) is 2.34. The van der Waals surface area contributed by atoms with Crippen LogP contribution in [0.2, 0.25) is 0 Å². The summed E-state index contributed by atoms with van der Waals surface area (Å²) < 4.78 is 22.9. The summed E-state index contributed by atoms with van der Waals surface area (Å²) in [4.78, 5) is 22.4. The molecule has 0 spiro atoms. The largest absolute Gasteiger partial charge is 0.491 e. The van der Waals surface area contributed by atoms with Crippen molar-refractivity contribution in [3.8, 4) is 5.75 Å². The van der Waals surface area contributed by atoms with Gasteiger partial charge in [0.15, 0.2) is 6.04 Å². The zero-order chi connectivity index (χ0) is 14.4. The number of hydrogen-bond acceptors (Lipinski definition) is 4. The Hall–Kier alpha value is -2.11. The van der Waals surface area contributed by atoms with Crippen LogP contribution in [0.1, 0.15) is 12.5 Å². The quantitative estimate of drug-likeness (QED) is 0.815.